The predicted molar refractivity (Wildman–Crippen MR) is 168 cm³/mol. The van der Waals surface area contributed by atoms with Gasteiger partial charge in [0.25, 0.3) is 0 Å². The van der Waals surface area contributed by atoms with E-state index in [9.17, 15) is 9.59 Å². The van der Waals surface area contributed by atoms with E-state index in [-0.39, 0.29) is 0 Å². The van der Waals surface area contributed by atoms with Gasteiger partial charge in [0.15, 0.2) is 0 Å². The minimum absolute atomic E-state index is 0.454. The number of allylic oxidation sites excluding steroid dienone is 2. The summed E-state index contributed by atoms with van der Waals surface area (Å²) in [6.07, 6.45) is 5.61. The zero-order valence-electron chi connectivity index (χ0n) is 23.3. The van der Waals surface area contributed by atoms with Gasteiger partial charge in [-0.15, -0.1) is 13.2 Å². The van der Waals surface area contributed by atoms with Crippen LogP contribution in [0.15, 0.2) is 145 Å². The monoisotopic (exact) mass is 556 g/mol. The van der Waals surface area contributed by atoms with Gasteiger partial charge in [-0.2, -0.15) is 0 Å². The Morgan fingerprint density at radius 3 is 1.29 bits per heavy atom. The molecule has 0 N–H and O–H groups in total. The largest absolute Gasteiger partial charge is 0.445 e. The molecule has 0 spiro atoms. The van der Waals surface area contributed by atoms with Crippen LogP contribution >= 0.6 is 0 Å². The first-order chi connectivity index (χ1) is 20.6. The van der Waals surface area contributed by atoms with Gasteiger partial charge in [0.1, 0.15) is 0 Å². The maximum atomic E-state index is 12.6. The fraction of sp³-hybridized carbons (Fsp3) is 0.111. The molecule has 0 aliphatic rings. The Hall–Kier alpha value is -5.36. The van der Waals surface area contributed by atoms with E-state index >= 15 is 0 Å². The molecular formula is C36H32N2O4. The van der Waals surface area contributed by atoms with E-state index in [4.69, 9.17) is 9.68 Å². The van der Waals surface area contributed by atoms with Gasteiger partial charge in [-0.1, -0.05) is 132 Å². The van der Waals surface area contributed by atoms with Gasteiger partial charge >= 0.3 is 11.9 Å². The van der Waals surface area contributed by atoms with E-state index in [1.165, 1.54) is 0 Å². The van der Waals surface area contributed by atoms with Crippen molar-refractivity contribution in [3.8, 4) is 22.3 Å². The molecule has 0 fully saturated rings. The maximum absolute atomic E-state index is 12.6. The molecule has 0 bridgehead atoms. The summed E-state index contributed by atoms with van der Waals surface area (Å²) < 4.78 is 0. The third kappa shape index (κ3) is 7.86. The molecule has 0 aliphatic heterocycles. The quantitative estimate of drug-likeness (QED) is 0.0580. The number of hydrogen-bond donors (Lipinski definition) is 0. The highest BCUT2D eigenvalue weighted by molar-refractivity contribution is 6.29. The van der Waals surface area contributed by atoms with Gasteiger partial charge in [-0.05, 0) is 47.9 Å². The summed E-state index contributed by atoms with van der Waals surface area (Å²) in [5.74, 6) is -2.54. The van der Waals surface area contributed by atoms with Crippen molar-refractivity contribution in [2.24, 2.45) is 10.3 Å². The number of benzene rings is 4. The van der Waals surface area contributed by atoms with Crippen LogP contribution in [0.2, 0.25) is 0 Å². The number of carbonyl (C=O) groups is 2. The lowest BCUT2D eigenvalue weighted by atomic mass is 9.95. The lowest BCUT2D eigenvalue weighted by Crippen LogP contribution is -2.18. The summed E-state index contributed by atoms with van der Waals surface area (Å²) in [6.45, 7) is 7.57. The Balaban J connectivity index is 1.56. The van der Waals surface area contributed by atoms with Crippen LogP contribution in [0.1, 0.15) is 36.8 Å². The van der Waals surface area contributed by atoms with Gasteiger partial charge in [0.05, 0.1) is 11.4 Å². The summed E-state index contributed by atoms with van der Waals surface area (Å²) in [5.41, 5.74) is 6.40. The number of carbonyl (C=O) groups excluding carboxylic acids is 2. The second-order valence-corrected chi connectivity index (χ2v) is 9.31. The lowest BCUT2D eigenvalue weighted by Gasteiger charge is -2.12. The highest BCUT2D eigenvalue weighted by atomic mass is 16.7. The molecule has 6 heteroatoms. The van der Waals surface area contributed by atoms with Gasteiger partial charge in [0.2, 0.25) is 0 Å². The van der Waals surface area contributed by atoms with Crippen molar-refractivity contribution in [1.82, 2.24) is 0 Å². The van der Waals surface area contributed by atoms with Crippen LogP contribution in [0.4, 0.5) is 0 Å². The molecule has 0 aromatic heterocycles. The Bertz CT molecular complexity index is 1470. The average molecular weight is 557 g/mol. The minimum atomic E-state index is -1.27. The van der Waals surface area contributed by atoms with E-state index in [1.807, 2.05) is 109 Å². The van der Waals surface area contributed by atoms with E-state index in [0.29, 0.717) is 37.1 Å². The van der Waals surface area contributed by atoms with Crippen LogP contribution in [-0.4, -0.2) is 23.4 Å². The van der Waals surface area contributed by atoms with E-state index in [0.717, 1.165) is 33.4 Å². The lowest BCUT2D eigenvalue weighted by molar-refractivity contribution is -0.167. The average Bonchev–Trinajstić information content (AvgIpc) is 3.05. The molecule has 0 heterocycles. The molecule has 0 saturated heterocycles. The van der Waals surface area contributed by atoms with Crippen molar-refractivity contribution >= 4 is 23.4 Å². The second-order valence-electron chi connectivity index (χ2n) is 9.31. The van der Waals surface area contributed by atoms with Gasteiger partial charge in [-0.25, -0.2) is 9.59 Å². The molecule has 0 radical (unpaired) electrons. The first kappa shape index (κ1) is 29.6. The summed E-state index contributed by atoms with van der Waals surface area (Å²) in [5, 5.41) is 8.17. The molecule has 210 valence electrons. The van der Waals surface area contributed by atoms with E-state index in [2.05, 4.69) is 23.5 Å². The van der Waals surface area contributed by atoms with Crippen LogP contribution in [0.5, 0.6) is 0 Å². The number of hydrogen-bond acceptors (Lipinski definition) is 6. The van der Waals surface area contributed by atoms with Crippen LogP contribution in [0.3, 0.4) is 0 Å². The first-order valence-electron chi connectivity index (χ1n) is 13.7. The van der Waals surface area contributed by atoms with Gasteiger partial charge < -0.3 is 9.68 Å². The van der Waals surface area contributed by atoms with Crippen LogP contribution in [-0.2, 0) is 19.3 Å². The van der Waals surface area contributed by atoms with E-state index < -0.39 is 11.9 Å². The predicted octanol–water partition coefficient (Wildman–Crippen LogP) is 8.15. The number of nitrogens with zero attached hydrogens (tertiary/aromatic N) is 2. The molecule has 0 atom stereocenters. The molecule has 4 aromatic carbocycles. The second kappa shape index (κ2) is 15.4. The fourth-order valence-corrected chi connectivity index (χ4v) is 4.41. The van der Waals surface area contributed by atoms with Crippen molar-refractivity contribution in [1.29, 1.82) is 0 Å². The third-order valence-corrected chi connectivity index (χ3v) is 6.46. The number of rotatable bonds is 12. The standard InChI is InChI=1S/C36H32N2O4/c1-3-5-25-33(31-23-15-13-21-29(31)27-17-9-7-10-18-27)37-41-35(39)36(40)42-38-34(26-6-4-2)32-24-16-14-22-30(32)28-19-11-8-12-20-28/h3-4,7-24H,1-2,5-6,25-26H2/b37-33+,38-34+. The number of oxime groups is 2. The maximum Gasteiger partial charge on any atom is 0.445 e. The molecule has 0 amide bonds. The SMILES string of the molecule is C=CCC/C(=N\OC(=O)C(=O)O/N=C(\CCC=C)c1ccccc1-c1ccccc1)c1ccccc1-c1ccccc1. The summed E-state index contributed by atoms with van der Waals surface area (Å²) in [7, 11) is 0. The van der Waals surface area contributed by atoms with E-state index in [1.54, 1.807) is 12.2 Å². The summed E-state index contributed by atoms with van der Waals surface area (Å²) in [6, 6.07) is 35.0. The molecule has 6 nitrogen and oxygen atoms in total. The summed E-state index contributed by atoms with van der Waals surface area (Å²) in [4.78, 5) is 35.4. The van der Waals surface area contributed by atoms with Crippen LogP contribution < -0.4 is 0 Å². The zero-order chi connectivity index (χ0) is 29.6. The molecule has 4 aromatic rings. The van der Waals surface area contributed by atoms with Crippen molar-refractivity contribution in [2.75, 3.05) is 0 Å². The summed E-state index contributed by atoms with van der Waals surface area (Å²) >= 11 is 0. The topological polar surface area (TPSA) is 77.3 Å². The fourth-order valence-electron chi connectivity index (χ4n) is 4.41. The van der Waals surface area contributed by atoms with Crippen molar-refractivity contribution in [3.63, 3.8) is 0 Å². The van der Waals surface area contributed by atoms with Gasteiger partial charge in [0, 0.05) is 11.1 Å². The first-order valence-corrected chi connectivity index (χ1v) is 13.7. The smallest absolute Gasteiger partial charge is 0.306 e. The highest BCUT2D eigenvalue weighted by Gasteiger charge is 2.21. The highest BCUT2D eigenvalue weighted by Crippen LogP contribution is 2.27. The van der Waals surface area contributed by atoms with Gasteiger partial charge in [-0.3, -0.25) is 0 Å². The third-order valence-electron chi connectivity index (χ3n) is 6.46. The molecule has 4 rings (SSSR count). The molecule has 42 heavy (non-hydrogen) atoms. The van der Waals surface area contributed by atoms with Crippen LogP contribution in [0, 0.1) is 0 Å². The molecule has 0 saturated carbocycles. The van der Waals surface area contributed by atoms with Crippen molar-refractivity contribution < 1.29 is 19.3 Å². The zero-order valence-corrected chi connectivity index (χ0v) is 23.3. The minimum Gasteiger partial charge on any atom is -0.306 e. The molecule has 0 aliphatic carbocycles. The Kier molecular flexibility index (Phi) is 10.9. The van der Waals surface area contributed by atoms with Crippen molar-refractivity contribution in [3.05, 3.63) is 146 Å². The normalized spacial score (nSPS) is 11.4. The Morgan fingerprint density at radius 2 is 0.905 bits per heavy atom. The van der Waals surface area contributed by atoms with Crippen LogP contribution in [0.25, 0.3) is 22.3 Å². The van der Waals surface area contributed by atoms with Crippen molar-refractivity contribution in [2.45, 2.75) is 25.7 Å². The molecule has 0 unspecified atom stereocenters. The Morgan fingerprint density at radius 1 is 0.548 bits per heavy atom. The molecular weight excluding hydrogens is 524 g/mol. The Labute approximate surface area is 246 Å².